The highest BCUT2D eigenvalue weighted by Crippen LogP contribution is 2.36. The smallest absolute Gasteiger partial charge is 0.148 e. The van der Waals surface area contributed by atoms with Crippen molar-refractivity contribution < 1.29 is 0 Å². The summed E-state index contributed by atoms with van der Waals surface area (Å²) in [5.41, 5.74) is 2.74. The van der Waals surface area contributed by atoms with E-state index in [-0.39, 0.29) is 6.04 Å². The summed E-state index contributed by atoms with van der Waals surface area (Å²) in [6.45, 7) is 1.94. The molecule has 1 aliphatic rings. The molecular weight excluding hydrogens is 280 g/mol. The van der Waals surface area contributed by atoms with Gasteiger partial charge >= 0.3 is 0 Å². The Balaban J connectivity index is 2.13. The highest BCUT2D eigenvalue weighted by atomic mass is 79.9. The van der Waals surface area contributed by atoms with Crippen molar-refractivity contribution in [2.24, 2.45) is 0 Å². The first kappa shape index (κ1) is 10.9. The molecule has 1 aromatic heterocycles. The van der Waals surface area contributed by atoms with Gasteiger partial charge in [0.1, 0.15) is 5.82 Å². The molecule has 0 saturated carbocycles. The second kappa shape index (κ2) is 4.22. The Bertz CT molecular complexity index is 537. The number of halogens is 1. The monoisotopic (exact) mass is 292 g/mol. The molecule has 0 saturated heterocycles. The summed E-state index contributed by atoms with van der Waals surface area (Å²) in [5.74, 6) is 0.858. The van der Waals surface area contributed by atoms with Crippen LogP contribution in [0.15, 0.2) is 24.3 Å². The zero-order valence-corrected chi connectivity index (χ0v) is 11.1. The highest BCUT2D eigenvalue weighted by molar-refractivity contribution is 9.09. The van der Waals surface area contributed by atoms with Gasteiger partial charge in [-0.05, 0) is 41.3 Å². The molecule has 0 unspecified atom stereocenters. The van der Waals surface area contributed by atoms with Gasteiger partial charge in [-0.3, -0.25) is 0 Å². The molecule has 17 heavy (non-hydrogen) atoms. The van der Waals surface area contributed by atoms with Crippen molar-refractivity contribution in [3.8, 4) is 0 Å². The van der Waals surface area contributed by atoms with Gasteiger partial charge in [-0.2, -0.15) is 0 Å². The molecule has 0 N–H and O–H groups in total. The molecule has 88 valence electrons. The van der Waals surface area contributed by atoms with E-state index in [1.807, 2.05) is 11.6 Å². The van der Waals surface area contributed by atoms with Crippen LogP contribution in [0.4, 0.5) is 0 Å². The number of tetrazole rings is 1. The molecule has 0 radical (unpaired) electrons. The maximum atomic E-state index is 4.11. The standard InChI is InChI=1S/C12H13BrN4/c1-8-14-15-16-17(8)12-10-5-3-2-4-9(10)6-7-11(12)13/h2-5,11-12H,6-7H2,1H3/t11-,12-/m1/s1. The summed E-state index contributed by atoms with van der Waals surface area (Å²) >= 11 is 3.76. The third-order valence-corrected chi connectivity index (χ3v) is 4.29. The number of rotatable bonds is 1. The molecule has 4 nitrogen and oxygen atoms in total. The van der Waals surface area contributed by atoms with Crippen molar-refractivity contribution in [2.75, 3.05) is 0 Å². The number of fused-ring (bicyclic) bond motifs is 1. The maximum absolute atomic E-state index is 4.11. The van der Waals surface area contributed by atoms with Gasteiger partial charge in [-0.25, -0.2) is 4.68 Å². The van der Waals surface area contributed by atoms with E-state index in [1.165, 1.54) is 11.1 Å². The molecule has 0 bridgehead atoms. The van der Waals surface area contributed by atoms with Crippen molar-refractivity contribution in [3.63, 3.8) is 0 Å². The van der Waals surface area contributed by atoms with Gasteiger partial charge in [0.25, 0.3) is 0 Å². The van der Waals surface area contributed by atoms with Crippen LogP contribution in [0.3, 0.4) is 0 Å². The van der Waals surface area contributed by atoms with Crippen LogP contribution >= 0.6 is 15.9 Å². The van der Waals surface area contributed by atoms with Crippen LogP contribution in [0.25, 0.3) is 0 Å². The number of aromatic nitrogens is 4. The molecule has 2 atom stereocenters. The minimum atomic E-state index is 0.204. The summed E-state index contributed by atoms with van der Waals surface area (Å²) in [6.07, 6.45) is 2.23. The number of benzene rings is 1. The van der Waals surface area contributed by atoms with Crippen LogP contribution in [0, 0.1) is 6.92 Å². The van der Waals surface area contributed by atoms with Crippen LogP contribution < -0.4 is 0 Å². The summed E-state index contributed by atoms with van der Waals surface area (Å²) in [5, 5.41) is 11.8. The fraction of sp³-hybridized carbons (Fsp3) is 0.417. The molecule has 2 aromatic rings. The van der Waals surface area contributed by atoms with Crippen LogP contribution in [0.1, 0.15) is 29.4 Å². The SMILES string of the molecule is Cc1nnnn1[C@@H]1c2ccccc2CC[C@H]1Br. The quantitative estimate of drug-likeness (QED) is 0.758. The second-order valence-electron chi connectivity index (χ2n) is 4.37. The number of aryl methyl sites for hydroxylation is 2. The summed E-state index contributed by atoms with van der Waals surface area (Å²) < 4.78 is 1.91. The topological polar surface area (TPSA) is 43.6 Å². The van der Waals surface area contributed by atoms with Crippen LogP contribution in [-0.4, -0.2) is 25.0 Å². The zero-order valence-electron chi connectivity index (χ0n) is 9.55. The Hall–Kier alpha value is -1.23. The minimum Gasteiger partial charge on any atom is -0.221 e. The van der Waals surface area contributed by atoms with E-state index in [0.717, 1.165) is 18.7 Å². The predicted molar refractivity (Wildman–Crippen MR) is 68.2 cm³/mol. The van der Waals surface area contributed by atoms with Gasteiger partial charge in [0.2, 0.25) is 0 Å². The molecule has 1 heterocycles. The van der Waals surface area contributed by atoms with E-state index in [9.17, 15) is 0 Å². The third kappa shape index (κ3) is 1.78. The predicted octanol–water partition coefficient (Wildman–Crippen LogP) is 2.28. The van der Waals surface area contributed by atoms with Gasteiger partial charge in [0, 0.05) is 4.83 Å². The normalized spacial score (nSPS) is 23.4. The Morgan fingerprint density at radius 3 is 2.94 bits per heavy atom. The maximum Gasteiger partial charge on any atom is 0.148 e. The Morgan fingerprint density at radius 2 is 2.18 bits per heavy atom. The van der Waals surface area contributed by atoms with Crippen molar-refractivity contribution in [3.05, 3.63) is 41.2 Å². The molecule has 0 amide bonds. The van der Waals surface area contributed by atoms with Crippen molar-refractivity contribution >= 4 is 15.9 Å². The lowest BCUT2D eigenvalue weighted by Crippen LogP contribution is -2.28. The highest BCUT2D eigenvalue weighted by Gasteiger charge is 2.30. The molecule has 0 aliphatic heterocycles. The molecule has 1 aliphatic carbocycles. The molecule has 5 heteroatoms. The molecule has 1 aromatic carbocycles. The number of nitrogens with zero attached hydrogens (tertiary/aromatic N) is 4. The van der Waals surface area contributed by atoms with E-state index < -0.39 is 0 Å². The average Bonchev–Trinajstić information content (AvgIpc) is 2.75. The molecule has 0 spiro atoms. The number of alkyl halides is 1. The van der Waals surface area contributed by atoms with Gasteiger partial charge in [-0.15, -0.1) is 5.10 Å². The first-order valence-electron chi connectivity index (χ1n) is 5.73. The minimum absolute atomic E-state index is 0.204. The van der Waals surface area contributed by atoms with E-state index in [1.54, 1.807) is 0 Å². The van der Waals surface area contributed by atoms with Gasteiger partial charge < -0.3 is 0 Å². The lowest BCUT2D eigenvalue weighted by Gasteiger charge is -2.30. The average molecular weight is 293 g/mol. The van der Waals surface area contributed by atoms with Crippen LogP contribution in [-0.2, 0) is 6.42 Å². The second-order valence-corrected chi connectivity index (χ2v) is 5.55. The van der Waals surface area contributed by atoms with Crippen LogP contribution in [0.5, 0.6) is 0 Å². The first-order chi connectivity index (χ1) is 8.27. The fourth-order valence-electron chi connectivity index (χ4n) is 2.48. The van der Waals surface area contributed by atoms with E-state index in [2.05, 4.69) is 55.7 Å². The first-order valence-corrected chi connectivity index (χ1v) is 6.65. The number of hydrogen-bond donors (Lipinski definition) is 0. The Labute approximate surface area is 108 Å². The van der Waals surface area contributed by atoms with Gasteiger partial charge in [-0.1, -0.05) is 40.2 Å². The van der Waals surface area contributed by atoms with E-state index >= 15 is 0 Å². The van der Waals surface area contributed by atoms with Crippen molar-refractivity contribution in [1.29, 1.82) is 0 Å². The Kier molecular flexibility index (Phi) is 2.70. The fourth-order valence-corrected chi connectivity index (χ4v) is 3.21. The van der Waals surface area contributed by atoms with E-state index in [4.69, 9.17) is 0 Å². The van der Waals surface area contributed by atoms with Crippen molar-refractivity contribution in [1.82, 2.24) is 20.2 Å². The van der Waals surface area contributed by atoms with Crippen LogP contribution in [0.2, 0.25) is 0 Å². The molecular formula is C12H13BrN4. The Morgan fingerprint density at radius 1 is 1.35 bits per heavy atom. The third-order valence-electron chi connectivity index (χ3n) is 3.33. The summed E-state index contributed by atoms with van der Waals surface area (Å²) in [6, 6.07) is 8.75. The van der Waals surface area contributed by atoms with E-state index in [0.29, 0.717) is 4.83 Å². The van der Waals surface area contributed by atoms with Gasteiger partial charge in [0.15, 0.2) is 0 Å². The summed E-state index contributed by atoms with van der Waals surface area (Å²) in [7, 11) is 0. The van der Waals surface area contributed by atoms with Gasteiger partial charge in [0.05, 0.1) is 6.04 Å². The molecule has 0 fully saturated rings. The number of hydrogen-bond acceptors (Lipinski definition) is 3. The largest absolute Gasteiger partial charge is 0.221 e. The van der Waals surface area contributed by atoms with Crippen molar-refractivity contribution in [2.45, 2.75) is 30.6 Å². The lowest BCUT2D eigenvalue weighted by atomic mass is 9.87. The lowest BCUT2D eigenvalue weighted by molar-refractivity contribution is 0.448. The zero-order chi connectivity index (χ0) is 11.8. The molecule has 3 rings (SSSR count). The summed E-state index contributed by atoms with van der Waals surface area (Å²) in [4.78, 5) is 0.389.